The fraction of sp³-hybridized carbons (Fsp3) is 0.176. The van der Waals surface area contributed by atoms with Crippen molar-refractivity contribution in [2.75, 3.05) is 5.32 Å². The number of imidazole rings is 1. The molecule has 0 saturated carbocycles. The van der Waals surface area contributed by atoms with Crippen LogP contribution in [-0.4, -0.2) is 15.3 Å². The third kappa shape index (κ3) is 2.92. The van der Waals surface area contributed by atoms with Gasteiger partial charge in [-0.1, -0.05) is 42.3 Å². The summed E-state index contributed by atoms with van der Waals surface area (Å²) < 4.78 is 1.80. The summed E-state index contributed by atoms with van der Waals surface area (Å²) in [5.74, 6) is -0.282. The van der Waals surface area contributed by atoms with Crippen LogP contribution in [0.2, 0.25) is 10.0 Å². The average Bonchev–Trinajstić information content (AvgIpc) is 2.88. The van der Waals surface area contributed by atoms with E-state index < -0.39 is 0 Å². The number of aryl methyl sites for hydroxylation is 2. The number of halogens is 2. The van der Waals surface area contributed by atoms with Crippen molar-refractivity contribution < 1.29 is 4.79 Å². The Morgan fingerprint density at radius 3 is 2.57 bits per heavy atom. The Bertz CT molecular complexity index is 882. The molecule has 1 amide bonds. The van der Waals surface area contributed by atoms with E-state index in [0.717, 1.165) is 16.9 Å². The van der Waals surface area contributed by atoms with Crippen LogP contribution in [0.1, 0.15) is 28.7 Å². The Morgan fingerprint density at radius 1 is 1.22 bits per heavy atom. The van der Waals surface area contributed by atoms with Crippen LogP contribution >= 0.6 is 23.2 Å². The van der Waals surface area contributed by atoms with E-state index in [9.17, 15) is 4.79 Å². The third-order valence-electron chi connectivity index (χ3n) is 3.59. The van der Waals surface area contributed by atoms with Crippen molar-refractivity contribution in [1.29, 1.82) is 0 Å². The molecule has 3 rings (SSSR count). The minimum Gasteiger partial charge on any atom is -0.318 e. The summed E-state index contributed by atoms with van der Waals surface area (Å²) in [5.41, 5.74) is 3.43. The number of hydrogen-bond acceptors (Lipinski definition) is 2. The molecule has 0 aliphatic rings. The molecule has 2 aromatic heterocycles. The first kappa shape index (κ1) is 15.8. The Hall–Kier alpha value is -2.04. The lowest BCUT2D eigenvalue weighted by molar-refractivity contribution is 0.102. The number of carbonyl (C=O) groups is 1. The quantitative estimate of drug-likeness (QED) is 0.741. The maximum Gasteiger partial charge on any atom is 0.274 e. The maximum absolute atomic E-state index is 12.8. The van der Waals surface area contributed by atoms with Gasteiger partial charge in [-0.15, -0.1) is 0 Å². The number of aromatic nitrogens is 2. The number of carbonyl (C=O) groups excluding carboxylic acids is 1. The normalized spacial score (nSPS) is 11.0. The van der Waals surface area contributed by atoms with E-state index in [1.54, 1.807) is 22.6 Å². The minimum atomic E-state index is -0.282. The number of rotatable bonds is 3. The molecule has 1 aromatic carbocycles. The fourth-order valence-electron chi connectivity index (χ4n) is 2.48. The number of amides is 1. The topological polar surface area (TPSA) is 46.4 Å². The second kappa shape index (κ2) is 6.22. The van der Waals surface area contributed by atoms with Crippen LogP contribution in [-0.2, 0) is 6.42 Å². The molecule has 0 spiro atoms. The summed E-state index contributed by atoms with van der Waals surface area (Å²) in [6.45, 7) is 3.94. The van der Waals surface area contributed by atoms with E-state index in [4.69, 9.17) is 23.2 Å². The lowest BCUT2D eigenvalue weighted by atomic mass is 10.2. The Balaban J connectivity index is 2.09. The highest BCUT2D eigenvalue weighted by atomic mass is 35.5. The molecule has 0 aliphatic heterocycles. The van der Waals surface area contributed by atoms with Crippen molar-refractivity contribution in [3.8, 4) is 0 Å². The fourth-order valence-corrected chi connectivity index (χ4v) is 2.97. The summed E-state index contributed by atoms with van der Waals surface area (Å²) in [6.07, 6.45) is 2.55. The van der Waals surface area contributed by atoms with Gasteiger partial charge in [-0.05, 0) is 37.1 Å². The zero-order valence-corrected chi connectivity index (χ0v) is 14.2. The number of pyridine rings is 1. The van der Waals surface area contributed by atoms with Gasteiger partial charge in [-0.2, -0.15) is 0 Å². The molecule has 3 aromatic rings. The zero-order chi connectivity index (χ0) is 16.6. The number of anilines is 1. The predicted octanol–water partition coefficient (Wildman–Crippen LogP) is 4.76. The first-order valence-corrected chi connectivity index (χ1v) is 7.99. The van der Waals surface area contributed by atoms with Crippen molar-refractivity contribution >= 4 is 40.4 Å². The van der Waals surface area contributed by atoms with E-state index in [1.165, 1.54) is 0 Å². The van der Waals surface area contributed by atoms with Crippen LogP contribution in [0.4, 0.5) is 5.69 Å². The van der Waals surface area contributed by atoms with Gasteiger partial charge < -0.3 is 5.32 Å². The Kier molecular flexibility index (Phi) is 4.28. The van der Waals surface area contributed by atoms with Gasteiger partial charge in [0.15, 0.2) is 0 Å². The summed E-state index contributed by atoms with van der Waals surface area (Å²) in [6, 6.07) is 8.96. The summed E-state index contributed by atoms with van der Waals surface area (Å²) in [7, 11) is 0. The van der Waals surface area contributed by atoms with Gasteiger partial charge in [0.2, 0.25) is 0 Å². The number of fused-ring (bicyclic) bond motifs is 1. The van der Waals surface area contributed by atoms with E-state index in [1.807, 2.05) is 32.2 Å². The highest BCUT2D eigenvalue weighted by Crippen LogP contribution is 2.30. The molecule has 1 N–H and O–H groups in total. The molecule has 0 saturated heterocycles. The molecule has 6 heteroatoms. The van der Waals surface area contributed by atoms with Crippen molar-refractivity contribution in [2.45, 2.75) is 20.3 Å². The molecule has 0 aliphatic carbocycles. The van der Waals surface area contributed by atoms with Crippen molar-refractivity contribution in [1.82, 2.24) is 9.38 Å². The van der Waals surface area contributed by atoms with Gasteiger partial charge in [0.05, 0.1) is 21.4 Å². The molecule has 2 heterocycles. The van der Waals surface area contributed by atoms with Gasteiger partial charge in [0.25, 0.3) is 5.91 Å². The van der Waals surface area contributed by atoms with E-state index in [0.29, 0.717) is 27.8 Å². The van der Waals surface area contributed by atoms with Crippen LogP contribution in [0.15, 0.2) is 36.5 Å². The van der Waals surface area contributed by atoms with E-state index >= 15 is 0 Å². The van der Waals surface area contributed by atoms with Gasteiger partial charge >= 0.3 is 0 Å². The third-order valence-corrected chi connectivity index (χ3v) is 4.22. The second-order valence-electron chi connectivity index (χ2n) is 5.25. The number of nitrogens with one attached hydrogen (secondary N) is 1. The average molecular weight is 348 g/mol. The molecule has 118 valence electrons. The summed E-state index contributed by atoms with van der Waals surface area (Å²) in [5, 5.41) is 3.60. The summed E-state index contributed by atoms with van der Waals surface area (Å²) >= 11 is 12.3. The number of benzene rings is 1. The van der Waals surface area contributed by atoms with Crippen LogP contribution in [0.5, 0.6) is 0 Å². The van der Waals surface area contributed by atoms with E-state index in [2.05, 4.69) is 10.3 Å². The predicted molar refractivity (Wildman–Crippen MR) is 93.7 cm³/mol. The smallest absolute Gasteiger partial charge is 0.274 e. The Labute approximate surface area is 144 Å². The van der Waals surface area contributed by atoms with Crippen LogP contribution in [0.25, 0.3) is 5.65 Å². The highest BCUT2D eigenvalue weighted by molar-refractivity contribution is 6.40. The standard InChI is InChI=1S/C17H15Cl2N3O/c1-3-13-16(22-9-10(2)7-8-14(22)20-13)17(23)21-15-11(18)5-4-6-12(15)19/h4-9H,3H2,1-2H3,(H,21,23). The van der Waals surface area contributed by atoms with Crippen LogP contribution in [0.3, 0.4) is 0 Å². The largest absolute Gasteiger partial charge is 0.318 e. The number of hydrogen-bond donors (Lipinski definition) is 1. The second-order valence-corrected chi connectivity index (χ2v) is 6.06. The molecule has 0 fully saturated rings. The molecular weight excluding hydrogens is 333 g/mol. The van der Waals surface area contributed by atoms with Gasteiger partial charge in [0.1, 0.15) is 11.3 Å². The van der Waals surface area contributed by atoms with Crippen LogP contribution < -0.4 is 5.32 Å². The first-order valence-electron chi connectivity index (χ1n) is 7.24. The van der Waals surface area contributed by atoms with Crippen molar-refractivity contribution in [2.24, 2.45) is 0 Å². The van der Waals surface area contributed by atoms with Gasteiger partial charge in [0, 0.05) is 6.20 Å². The van der Waals surface area contributed by atoms with Gasteiger partial charge in [-0.3, -0.25) is 9.20 Å². The van der Waals surface area contributed by atoms with Crippen molar-refractivity contribution in [3.63, 3.8) is 0 Å². The molecule has 0 bridgehead atoms. The molecular formula is C17H15Cl2N3O. The SMILES string of the molecule is CCc1nc2ccc(C)cn2c1C(=O)Nc1c(Cl)cccc1Cl. The molecule has 0 atom stereocenters. The summed E-state index contributed by atoms with van der Waals surface area (Å²) in [4.78, 5) is 17.3. The van der Waals surface area contributed by atoms with E-state index in [-0.39, 0.29) is 5.91 Å². The monoisotopic (exact) mass is 347 g/mol. The van der Waals surface area contributed by atoms with Crippen LogP contribution in [0, 0.1) is 6.92 Å². The molecule has 23 heavy (non-hydrogen) atoms. The molecule has 0 unspecified atom stereocenters. The minimum absolute atomic E-state index is 0.282. The number of nitrogens with zero attached hydrogens (tertiary/aromatic N) is 2. The highest BCUT2D eigenvalue weighted by Gasteiger charge is 2.20. The van der Waals surface area contributed by atoms with Gasteiger partial charge in [-0.25, -0.2) is 4.98 Å². The first-order chi connectivity index (χ1) is 11.0. The lowest BCUT2D eigenvalue weighted by Gasteiger charge is -2.10. The maximum atomic E-state index is 12.8. The lowest BCUT2D eigenvalue weighted by Crippen LogP contribution is -2.17. The van der Waals surface area contributed by atoms with Crippen molar-refractivity contribution in [3.05, 3.63) is 63.5 Å². The molecule has 4 nitrogen and oxygen atoms in total. The zero-order valence-electron chi connectivity index (χ0n) is 12.7. The Morgan fingerprint density at radius 2 is 1.91 bits per heavy atom. The molecule has 0 radical (unpaired) electrons. The number of para-hydroxylation sites is 1.